The Bertz CT molecular complexity index is 545. The highest BCUT2D eigenvalue weighted by Crippen LogP contribution is 2.33. The summed E-state index contributed by atoms with van der Waals surface area (Å²) in [5, 5.41) is 3.80. The van der Waals surface area contributed by atoms with Gasteiger partial charge >= 0.3 is 6.18 Å². The van der Waals surface area contributed by atoms with Crippen molar-refractivity contribution in [1.29, 1.82) is 0 Å². The Morgan fingerprint density at radius 2 is 1.94 bits per heavy atom. The number of aryl methyl sites for hydroxylation is 1. The van der Waals surface area contributed by atoms with Crippen molar-refractivity contribution in [3.63, 3.8) is 0 Å². The molecule has 2 rings (SSSR count). The van der Waals surface area contributed by atoms with Gasteiger partial charge in [-0.25, -0.2) is 9.67 Å². The van der Waals surface area contributed by atoms with Crippen molar-refractivity contribution < 1.29 is 13.2 Å². The van der Waals surface area contributed by atoms with Crippen LogP contribution in [0.15, 0.2) is 24.5 Å². The lowest BCUT2D eigenvalue weighted by atomic mass is 10.1. The number of anilines is 1. The third-order valence-electron chi connectivity index (χ3n) is 2.25. The fourth-order valence-electron chi connectivity index (χ4n) is 1.50. The number of nitrogen functional groups attached to an aromatic ring is 1. The van der Waals surface area contributed by atoms with E-state index in [1.165, 1.54) is 17.1 Å². The Balaban J connectivity index is 2.57. The molecule has 2 aromatic rings. The third-order valence-corrected chi connectivity index (χ3v) is 2.25. The summed E-state index contributed by atoms with van der Waals surface area (Å²) in [6.07, 6.45) is -3.16. The average molecular weight is 242 g/mol. The van der Waals surface area contributed by atoms with Crippen LogP contribution in [0, 0.1) is 0 Å². The largest absolute Gasteiger partial charge is 0.416 e. The number of nitrogens with two attached hydrogens (primary N) is 1. The molecule has 4 nitrogen and oxygen atoms in total. The normalized spacial score (nSPS) is 11.8. The molecule has 0 aliphatic rings. The van der Waals surface area contributed by atoms with Gasteiger partial charge in [-0.3, -0.25) is 0 Å². The molecule has 0 saturated carbocycles. The minimum Gasteiger partial charge on any atom is -0.399 e. The van der Waals surface area contributed by atoms with E-state index >= 15 is 0 Å². The number of rotatable bonds is 1. The zero-order valence-electron chi connectivity index (χ0n) is 8.86. The summed E-state index contributed by atoms with van der Waals surface area (Å²) in [6.45, 7) is 0. The Labute approximate surface area is 94.9 Å². The first-order valence-corrected chi connectivity index (χ1v) is 4.70. The Morgan fingerprint density at radius 1 is 1.24 bits per heavy atom. The average Bonchev–Trinajstić information content (AvgIpc) is 2.62. The van der Waals surface area contributed by atoms with Gasteiger partial charge in [0.2, 0.25) is 0 Å². The van der Waals surface area contributed by atoms with Crippen LogP contribution in [0.2, 0.25) is 0 Å². The van der Waals surface area contributed by atoms with Crippen molar-refractivity contribution in [3.8, 4) is 11.4 Å². The second-order valence-electron chi connectivity index (χ2n) is 3.55. The van der Waals surface area contributed by atoms with Crippen LogP contribution in [0.3, 0.4) is 0 Å². The van der Waals surface area contributed by atoms with Crippen molar-refractivity contribution in [2.75, 3.05) is 5.73 Å². The molecule has 0 fully saturated rings. The van der Waals surface area contributed by atoms with Gasteiger partial charge in [-0.1, -0.05) is 0 Å². The molecule has 0 aliphatic carbocycles. The second-order valence-corrected chi connectivity index (χ2v) is 3.55. The molecule has 7 heteroatoms. The molecule has 0 radical (unpaired) electrons. The first-order valence-electron chi connectivity index (χ1n) is 4.70. The zero-order chi connectivity index (χ0) is 12.6. The maximum absolute atomic E-state index is 12.6. The number of hydrogen-bond donors (Lipinski definition) is 1. The zero-order valence-corrected chi connectivity index (χ0v) is 8.86. The molecule has 90 valence electrons. The molecule has 0 saturated heterocycles. The van der Waals surface area contributed by atoms with Crippen LogP contribution in [0.5, 0.6) is 0 Å². The Kier molecular flexibility index (Phi) is 2.53. The van der Waals surface area contributed by atoms with Gasteiger partial charge in [-0.15, -0.1) is 0 Å². The van der Waals surface area contributed by atoms with Gasteiger partial charge in [0, 0.05) is 18.3 Å². The molecule has 0 unspecified atom stereocenters. The summed E-state index contributed by atoms with van der Waals surface area (Å²) in [5.74, 6) is 0.336. The molecule has 0 spiro atoms. The van der Waals surface area contributed by atoms with Gasteiger partial charge < -0.3 is 5.73 Å². The van der Waals surface area contributed by atoms with Gasteiger partial charge in [0.1, 0.15) is 6.33 Å². The molecule has 1 aromatic carbocycles. The summed E-state index contributed by atoms with van der Waals surface area (Å²) in [6, 6.07) is 3.32. The van der Waals surface area contributed by atoms with E-state index in [1.807, 2.05) is 0 Å². The minimum atomic E-state index is -4.43. The summed E-state index contributed by atoms with van der Waals surface area (Å²) in [7, 11) is 1.60. The topological polar surface area (TPSA) is 56.7 Å². The maximum atomic E-state index is 12.6. The molecule has 17 heavy (non-hydrogen) atoms. The summed E-state index contributed by atoms with van der Waals surface area (Å²) < 4.78 is 39.2. The van der Waals surface area contributed by atoms with Crippen molar-refractivity contribution in [3.05, 3.63) is 30.1 Å². The first-order chi connectivity index (χ1) is 7.88. The van der Waals surface area contributed by atoms with Crippen LogP contribution in [0.4, 0.5) is 18.9 Å². The van der Waals surface area contributed by atoms with E-state index in [4.69, 9.17) is 5.73 Å². The van der Waals surface area contributed by atoms with Crippen molar-refractivity contribution in [2.24, 2.45) is 7.05 Å². The number of nitrogens with zero attached hydrogens (tertiary/aromatic N) is 3. The SMILES string of the molecule is Cn1ncnc1-c1cc(N)cc(C(F)(F)F)c1. The van der Waals surface area contributed by atoms with Crippen LogP contribution < -0.4 is 5.73 Å². The molecular formula is C10H9F3N4. The number of aromatic nitrogens is 3. The van der Waals surface area contributed by atoms with Crippen LogP contribution in [-0.4, -0.2) is 14.8 Å². The van der Waals surface area contributed by atoms with Gasteiger partial charge in [-0.2, -0.15) is 18.3 Å². The molecule has 0 bridgehead atoms. The predicted molar refractivity (Wildman–Crippen MR) is 55.9 cm³/mol. The highest BCUT2D eigenvalue weighted by molar-refractivity contribution is 5.63. The van der Waals surface area contributed by atoms with E-state index in [9.17, 15) is 13.2 Å². The lowest BCUT2D eigenvalue weighted by Crippen LogP contribution is -2.06. The van der Waals surface area contributed by atoms with Crippen molar-refractivity contribution in [1.82, 2.24) is 14.8 Å². The highest BCUT2D eigenvalue weighted by atomic mass is 19.4. The van der Waals surface area contributed by atoms with Crippen molar-refractivity contribution >= 4 is 5.69 Å². The Morgan fingerprint density at radius 3 is 2.47 bits per heavy atom. The molecule has 0 amide bonds. The highest BCUT2D eigenvalue weighted by Gasteiger charge is 2.31. The molecule has 2 N–H and O–H groups in total. The fourth-order valence-corrected chi connectivity index (χ4v) is 1.50. The van der Waals surface area contributed by atoms with Crippen LogP contribution in [-0.2, 0) is 13.2 Å². The van der Waals surface area contributed by atoms with E-state index in [-0.39, 0.29) is 11.3 Å². The standard InChI is InChI=1S/C10H9F3N4/c1-17-9(15-5-16-17)6-2-7(10(11,12)13)4-8(14)3-6/h2-5H,14H2,1H3. The number of benzene rings is 1. The van der Waals surface area contributed by atoms with E-state index in [0.717, 1.165) is 12.1 Å². The maximum Gasteiger partial charge on any atom is 0.416 e. The molecular weight excluding hydrogens is 233 g/mol. The van der Waals surface area contributed by atoms with E-state index in [0.29, 0.717) is 5.82 Å². The lowest BCUT2D eigenvalue weighted by Gasteiger charge is -2.09. The van der Waals surface area contributed by atoms with E-state index < -0.39 is 11.7 Å². The second kappa shape index (κ2) is 3.76. The summed E-state index contributed by atoms with van der Waals surface area (Å²) >= 11 is 0. The molecule has 1 heterocycles. The van der Waals surface area contributed by atoms with Crippen LogP contribution in [0.25, 0.3) is 11.4 Å². The number of alkyl halides is 3. The summed E-state index contributed by atoms with van der Waals surface area (Å²) in [5.41, 5.74) is 4.99. The van der Waals surface area contributed by atoms with Crippen molar-refractivity contribution in [2.45, 2.75) is 6.18 Å². The minimum absolute atomic E-state index is 0.0397. The van der Waals surface area contributed by atoms with Gasteiger partial charge in [0.15, 0.2) is 5.82 Å². The first kappa shape index (κ1) is 11.4. The van der Waals surface area contributed by atoms with E-state index in [1.54, 1.807) is 7.05 Å². The predicted octanol–water partition coefficient (Wildman–Crippen LogP) is 2.08. The number of halogens is 3. The van der Waals surface area contributed by atoms with Gasteiger partial charge in [-0.05, 0) is 18.2 Å². The van der Waals surface area contributed by atoms with E-state index in [2.05, 4.69) is 10.1 Å². The van der Waals surface area contributed by atoms with Gasteiger partial charge in [0.25, 0.3) is 0 Å². The summed E-state index contributed by atoms with van der Waals surface area (Å²) in [4.78, 5) is 3.88. The van der Waals surface area contributed by atoms with Crippen LogP contribution in [0.1, 0.15) is 5.56 Å². The van der Waals surface area contributed by atoms with Gasteiger partial charge in [0.05, 0.1) is 5.56 Å². The number of hydrogen-bond acceptors (Lipinski definition) is 3. The molecule has 1 aromatic heterocycles. The Hall–Kier alpha value is -2.05. The lowest BCUT2D eigenvalue weighted by molar-refractivity contribution is -0.137. The third kappa shape index (κ3) is 2.22. The van der Waals surface area contributed by atoms with Crippen LogP contribution >= 0.6 is 0 Å². The molecule has 0 atom stereocenters. The quantitative estimate of drug-likeness (QED) is 0.779. The smallest absolute Gasteiger partial charge is 0.399 e. The fraction of sp³-hybridized carbons (Fsp3) is 0.200. The molecule has 0 aliphatic heterocycles. The monoisotopic (exact) mass is 242 g/mol.